The molecule has 4 heterocycles. The van der Waals surface area contributed by atoms with Crippen LogP contribution in [0.1, 0.15) is 29.5 Å². The molecule has 0 saturated heterocycles. The minimum atomic E-state index is -2.67. The SMILES string of the molecule is CC(=O)Nc1sc2c(c1-c1nc3c(C(F)F)nccc3s1)CCNC2. The first-order valence-electron chi connectivity index (χ1n) is 7.71. The van der Waals surface area contributed by atoms with Gasteiger partial charge in [-0.15, -0.1) is 22.7 Å². The van der Waals surface area contributed by atoms with E-state index in [9.17, 15) is 13.6 Å². The minimum absolute atomic E-state index is 0.163. The Bertz CT molecular complexity index is 967. The predicted octanol–water partition coefficient (Wildman–Crippen LogP) is 3.96. The molecule has 4 rings (SSSR count). The zero-order chi connectivity index (χ0) is 17.6. The number of nitrogens with zero attached hydrogens (tertiary/aromatic N) is 2. The van der Waals surface area contributed by atoms with E-state index in [1.165, 1.54) is 35.8 Å². The van der Waals surface area contributed by atoms with E-state index in [2.05, 4.69) is 20.6 Å². The Morgan fingerprint density at radius 2 is 2.24 bits per heavy atom. The number of nitrogens with one attached hydrogen (secondary N) is 2. The summed E-state index contributed by atoms with van der Waals surface area (Å²) >= 11 is 2.87. The maximum Gasteiger partial charge on any atom is 0.282 e. The van der Waals surface area contributed by atoms with E-state index >= 15 is 0 Å². The number of fused-ring (bicyclic) bond motifs is 2. The van der Waals surface area contributed by atoms with E-state index < -0.39 is 6.43 Å². The topological polar surface area (TPSA) is 66.9 Å². The van der Waals surface area contributed by atoms with Crippen LogP contribution < -0.4 is 10.6 Å². The van der Waals surface area contributed by atoms with Crippen molar-refractivity contribution < 1.29 is 13.6 Å². The predicted molar refractivity (Wildman–Crippen MR) is 95.4 cm³/mol. The molecule has 1 aliphatic rings. The summed E-state index contributed by atoms with van der Waals surface area (Å²) < 4.78 is 27.1. The fraction of sp³-hybridized carbons (Fsp3) is 0.312. The van der Waals surface area contributed by atoms with E-state index in [1.54, 1.807) is 6.07 Å². The molecule has 9 heteroatoms. The van der Waals surface area contributed by atoms with Gasteiger partial charge in [0, 0.05) is 30.1 Å². The molecule has 0 bridgehead atoms. The molecule has 130 valence electrons. The van der Waals surface area contributed by atoms with Crippen LogP contribution in [-0.2, 0) is 17.8 Å². The number of thiazole rings is 1. The van der Waals surface area contributed by atoms with Crippen LogP contribution in [0.2, 0.25) is 0 Å². The monoisotopic (exact) mass is 380 g/mol. The van der Waals surface area contributed by atoms with Crippen molar-refractivity contribution in [2.75, 3.05) is 11.9 Å². The summed E-state index contributed by atoms with van der Waals surface area (Å²) in [5.41, 5.74) is 1.93. The Balaban J connectivity index is 1.92. The molecule has 2 N–H and O–H groups in total. The second kappa shape index (κ2) is 6.40. The third kappa shape index (κ3) is 2.92. The molecule has 1 aliphatic heterocycles. The van der Waals surface area contributed by atoms with Crippen LogP contribution in [0.15, 0.2) is 12.3 Å². The van der Waals surface area contributed by atoms with Crippen LogP contribution in [0.5, 0.6) is 0 Å². The molecular formula is C16H14F2N4OS2. The quantitative estimate of drug-likeness (QED) is 0.722. The highest BCUT2D eigenvalue weighted by atomic mass is 32.1. The van der Waals surface area contributed by atoms with E-state index in [4.69, 9.17) is 0 Å². The van der Waals surface area contributed by atoms with Crippen LogP contribution in [0.25, 0.3) is 20.8 Å². The fourth-order valence-corrected chi connectivity index (χ4v) is 5.33. The summed E-state index contributed by atoms with van der Waals surface area (Å²) in [5, 5.41) is 7.55. The van der Waals surface area contributed by atoms with Gasteiger partial charge in [0.1, 0.15) is 21.2 Å². The molecule has 0 atom stereocenters. The second-order valence-electron chi connectivity index (χ2n) is 5.68. The Labute approximate surface area is 150 Å². The lowest BCUT2D eigenvalue weighted by Gasteiger charge is -2.13. The van der Waals surface area contributed by atoms with Crippen molar-refractivity contribution in [1.82, 2.24) is 15.3 Å². The van der Waals surface area contributed by atoms with Crippen LogP contribution in [0.4, 0.5) is 13.8 Å². The first-order valence-corrected chi connectivity index (χ1v) is 9.34. The van der Waals surface area contributed by atoms with Gasteiger partial charge >= 0.3 is 0 Å². The number of carbonyl (C=O) groups is 1. The highest BCUT2D eigenvalue weighted by Crippen LogP contribution is 2.45. The number of thiophene rings is 1. The highest BCUT2D eigenvalue weighted by molar-refractivity contribution is 7.23. The Morgan fingerprint density at radius 1 is 1.40 bits per heavy atom. The molecule has 25 heavy (non-hydrogen) atoms. The maximum atomic E-state index is 13.2. The lowest BCUT2D eigenvalue weighted by Crippen LogP contribution is -2.22. The Kier molecular flexibility index (Phi) is 4.22. The molecular weight excluding hydrogens is 366 g/mol. The van der Waals surface area contributed by atoms with Gasteiger partial charge in [-0.05, 0) is 24.6 Å². The van der Waals surface area contributed by atoms with Crippen molar-refractivity contribution in [3.8, 4) is 10.6 Å². The van der Waals surface area contributed by atoms with E-state index in [1.807, 2.05) is 0 Å². The lowest BCUT2D eigenvalue weighted by atomic mass is 10.0. The fourth-order valence-electron chi connectivity index (χ4n) is 2.95. The summed E-state index contributed by atoms with van der Waals surface area (Å²) in [6.45, 7) is 3.03. The number of hydrogen-bond donors (Lipinski definition) is 2. The van der Waals surface area contributed by atoms with E-state index in [0.29, 0.717) is 9.71 Å². The van der Waals surface area contributed by atoms with Gasteiger partial charge in [0.2, 0.25) is 5.91 Å². The first-order chi connectivity index (χ1) is 12.0. The van der Waals surface area contributed by atoms with Crippen molar-refractivity contribution in [1.29, 1.82) is 0 Å². The Hall–Kier alpha value is -1.97. The highest BCUT2D eigenvalue weighted by Gasteiger charge is 2.26. The zero-order valence-electron chi connectivity index (χ0n) is 13.2. The van der Waals surface area contributed by atoms with Gasteiger partial charge in [-0.2, -0.15) is 0 Å². The molecule has 0 unspecified atom stereocenters. The van der Waals surface area contributed by atoms with Crippen LogP contribution in [0, 0.1) is 0 Å². The van der Waals surface area contributed by atoms with Crippen LogP contribution >= 0.6 is 22.7 Å². The minimum Gasteiger partial charge on any atom is -0.317 e. The number of rotatable bonds is 3. The molecule has 0 aliphatic carbocycles. The second-order valence-corrected chi connectivity index (χ2v) is 7.81. The van der Waals surface area contributed by atoms with E-state index in [0.717, 1.165) is 40.5 Å². The van der Waals surface area contributed by atoms with Crippen molar-refractivity contribution in [3.05, 3.63) is 28.4 Å². The largest absolute Gasteiger partial charge is 0.317 e. The molecule has 0 spiro atoms. The van der Waals surface area contributed by atoms with Crippen molar-refractivity contribution in [2.24, 2.45) is 0 Å². The summed E-state index contributed by atoms with van der Waals surface area (Å²) in [5.74, 6) is -0.163. The first kappa shape index (κ1) is 16.5. The van der Waals surface area contributed by atoms with Gasteiger partial charge in [0.25, 0.3) is 6.43 Å². The number of aromatic nitrogens is 2. The molecule has 5 nitrogen and oxygen atoms in total. The number of amides is 1. The average molecular weight is 380 g/mol. The van der Waals surface area contributed by atoms with Gasteiger partial charge in [-0.1, -0.05) is 0 Å². The molecule has 0 aromatic carbocycles. The van der Waals surface area contributed by atoms with Gasteiger partial charge in [0.15, 0.2) is 0 Å². The third-order valence-electron chi connectivity index (χ3n) is 3.97. The van der Waals surface area contributed by atoms with Gasteiger partial charge in [-0.25, -0.2) is 13.8 Å². The van der Waals surface area contributed by atoms with Crippen molar-refractivity contribution >= 4 is 43.8 Å². The molecule has 3 aromatic rings. The number of anilines is 1. The maximum absolute atomic E-state index is 13.2. The summed E-state index contributed by atoms with van der Waals surface area (Å²) in [6.07, 6.45) is -0.474. The lowest BCUT2D eigenvalue weighted by molar-refractivity contribution is -0.114. The van der Waals surface area contributed by atoms with Crippen LogP contribution in [-0.4, -0.2) is 22.4 Å². The molecule has 0 fully saturated rings. The summed E-state index contributed by atoms with van der Waals surface area (Å²) in [6, 6.07) is 1.70. The number of halogens is 2. The summed E-state index contributed by atoms with van der Waals surface area (Å²) in [4.78, 5) is 21.0. The molecule has 1 amide bonds. The smallest absolute Gasteiger partial charge is 0.282 e. The Morgan fingerprint density at radius 3 is 3.00 bits per heavy atom. The summed E-state index contributed by atoms with van der Waals surface area (Å²) in [7, 11) is 0. The number of carbonyl (C=O) groups excluding carboxylic acids is 1. The molecule has 0 radical (unpaired) electrons. The van der Waals surface area contributed by atoms with Gasteiger partial charge in [0.05, 0.1) is 4.70 Å². The molecule has 3 aromatic heterocycles. The standard InChI is InChI=1S/C16H14F2N4OS2/c1-7(23)21-15-11(8-2-4-19-6-10(8)25-15)16-22-12-9(24-16)3-5-20-13(12)14(17)18/h3,5,14,19H,2,4,6H2,1H3,(H,21,23). The zero-order valence-corrected chi connectivity index (χ0v) is 14.9. The van der Waals surface area contributed by atoms with E-state index in [-0.39, 0.29) is 17.1 Å². The number of alkyl halides is 2. The molecule has 0 saturated carbocycles. The normalized spacial score (nSPS) is 14.1. The van der Waals surface area contributed by atoms with Crippen molar-refractivity contribution in [2.45, 2.75) is 26.3 Å². The van der Waals surface area contributed by atoms with Gasteiger partial charge in [-0.3, -0.25) is 9.78 Å². The van der Waals surface area contributed by atoms with Crippen LogP contribution in [0.3, 0.4) is 0 Å². The third-order valence-corrected chi connectivity index (χ3v) is 6.16. The van der Waals surface area contributed by atoms with Crippen molar-refractivity contribution in [3.63, 3.8) is 0 Å². The van der Waals surface area contributed by atoms with Gasteiger partial charge < -0.3 is 10.6 Å². The number of hydrogen-bond acceptors (Lipinski definition) is 6. The average Bonchev–Trinajstić information content (AvgIpc) is 3.13. The number of pyridine rings is 1.